The van der Waals surface area contributed by atoms with Gasteiger partial charge in [0.25, 0.3) is 0 Å². The Balaban J connectivity index is 1.79. The van der Waals surface area contributed by atoms with Gasteiger partial charge in [0.15, 0.2) is 0 Å². The second kappa shape index (κ2) is 5.86. The number of benzene rings is 2. The highest BCUT2D eigenvalue weighted by Gasteiger charge is 2.07. The van der Waals surface area contributed by atoms with Gasteiger partial charge in [0.05, 0.1) is 15.2 Å². The standard InChI is InChI=1S/C18H20N2S/c1-4-14-5-7-15(8-6-14)12(2)19-16-9-10-17-18(11-16)21-13(3)20-17/h5-12,19H,4H2,1-3H3. The summed E-state index contributed by atoms with van der Waals surface area (Å²) in [5, 5.41) is 4.69. The number of fused-ring (bicyclic) bond motifs is 1. The minimum absolute atomic E-state index is 0.294. The van der Waals surface area contributed by atoms with Crippen LogP contribution in [0.25, 0.3) is 10.2 Å². The smallest absolute Gasteiger partial charge is 0.0907 e. The highest BCUT2D eigenvalue weighted by Crippen LogP contribution is 2.27. The minimum Gasteiger partial charge on any atom is -0.378 e. The first-order valence-electron chi connectivity index (χ1n) is 7.38. The number of rotatable bonds is 4. The summed E-state index contributed by atoms with van der Waals surface area (Å²) in [5.74, 6) is 0. The van der Waals surface area contributed by atoms with Crippen LogP contribution in [-0.2, 0) is 6.42 Å². The van der Waals surface area contributed by atoms with Gasteiger partial charge in [0, 0.05) is 11.7 Å². The minimum atomic E-state index is 0.294. The largest absolute Gasteiger partial charge is 0.378 e. The lowest BCUT2D eigenvalue weighted by Gasteiger charge is -2.16. The van der Waals surface area contributed by atoms with Crippen LogP contribution >= 0.6 is 11.3 Å². The molecule has 0 saturated carbocycles. The van der Waals surface area contributed by atoms with Crippen LogP contribution < -0.4 is 5.32 Å². The van der Waals surface area contributed by atoms with Crippen molar-refractivity contribution in [2.45, 2.75) is 33.2 Å². The maximum atomic E-state index is 4.50. The zero-order chi connectivity index (χ0) is 14.8. The Morgan fingerprint density at radius 2 is 1.90 bits per heavy atom. The fraction of sp³-hybridized carbons (Fsp3) is 0.278. The van der Waals surface area contributed by atoms with Crippen LogP contribution in [-0.4, -0.2) is 4.98 Å². The number of aromatic nitrogens is 1. The summed E-state index contributed by atoms with van der Waals surface area (Å²) in [6.45, 7) is 6.43. The summed E-state index contributed by atoms with van der Waals surface area (Å²) in [6.07, 6.45) is 1.09. The van der Waals surface area contributed by atoms with Crippen molar-refractivity contribution in [3.8, 4) is 0 Å². The quantitative estimate of drug-likeness (QED) is 0.703. The summed E-state index contributed by atoms with van der Waals surface area (Å²) < 4.78 is 1.24. The van der Waals surface area contributed by atoms with E-state index in [4.69, 9.17) is 0 Å². The van der Waals surface area contributed by atoms with E-state index in [1.165, 1.54) is 15.8 Å². The molecule has 0 aliphatic carbocycles. The molecule has 2 nitrogen and oxygen atoms in total. The second-order valence-electron chi connectivity index (χ2n) is 5.38. The molecule has 0 amide bonds. The highest BCUT2D eigenvalue weighted by molar-refractivity contribution is 7.18. The van der Waals surface area contributed by atoms with Gasteiger partial charge in [-0.3, -0.25) is 0 Å². The van der Waals surface area contributed by atoms with E-state index in [0.29, 0.717) is 6.04 Å². The Bertz CT molecular complexity index is 744. The molecule has 21 heavy (non-hydrogen) atoms. The van der Waals surface area contributed by atoms with Crippen LogP contribution in [0.3, 0.4) is 0 Å². The summed E-state index contributed by atoms with van der Waals surface area (Å²) in [4.78, 5) is 4.50. The van der Waals surface area contributed by atoms with E-state index in [9.17, 15) is 0 Å². The fourth-order valence-electron chi connectivity index (χ4n) is 2.50. The van der Waals surface area contributed by atoms with Crippen molar-refractivity contribution in [2.24, 2.45) is 0 Å². The molecule has 3 heteroatoms. The molecule has 1 N–H and O–H groups in total. The number of hydrogen-bond donors (Lipinski definition) is 1. The average Bonchev–Trinajstić information content (AvgIpc) is 2.86. The van der Waals surface area contributed by atoms with Gasteiger partial charge in [-0.05, 0) is 49.6 Å². The van der Waals surface area contributed by atoms with Gasteiger partial charge in [-0.1, -0.05) is 31.2 Å². The predicted molar refractivity (Wildman–Crippen MR) is 92.2 cm³/mol. The molecule has 1 heterocycles. The van der Waals surface area contributed by atoms with Crippen molar-refractivity contribution < 1.29 is 0 Å². The first-order chi connectivity index (χ1) is 10.2. The molecule has 0 bridgehead atoms. The summed E-state index contributed by atoms with van der Waals surface area (Å²) in [7, 11) is 0. The van der Waals surface area contributed by atoms with E-state index < -0.39 is 0 Å². The molecule has 3 aromatic rings. The number of anilines is 1. The third-order valence-corrected chi connectivity index (χ3v) is 4.70. The summed E-state index contributed by atoms with van der Waals surface area (Å²) in [5.41, 5.74) is 4.93. The van der Waals surface area contributed by atoms with E-state index in [-0.39, 0.29) is 0 Å². The zero-order valence-electron chi connectivity index (χ0n) is 12.7. The van der Waals surface area contributed by atoms with Gasteiger partial charge >= 0.3 is 0 Å². The molecule has 3 rings (SSSR count). The molecular formula is C18H20N2S. The van der Waals surface area contributed by atoms with Crippen molar-refractivity contribution in [1.29, 1.82) is 0 Å². The molecule has 0 aliphatic heterocycles. The first-order valence-corrected chi connectivity index (χ1v) is 8.20. The van der Waals surface area contributed by atoms with Crippen molar-refractivity contribution >= 4 is 27.2 Å². The Labute approximate surface area is 129 Å². The zero-order valence-corrected chi connectivity index (χ0v) is 13.5. The monoisotopic (exact) mass is 296 g/mol. The van der Waals surface area contributed by atoms with Crippen LogP contribution in [0.2, 0.25) is 0 Å². The van der Waals surface area contributed by atoms with Crippen molar-refractivity contribution in [3.63, 3.8) is 0 Å². The number of aryl methyl sites for hydroxylation is 2. The second-order valence-corrected chi connectivity index (χ2v) is 6.61. The van der Waals surface area contributed by atoms with Gasteiger partial charge in [-0.2, -0.15) is 0 Å². The molecule has 0 saturated heterocycles. The Morgan fingerprint density at radius 3 is 2.62 bits per heavy atom. The maximum absolute atomic E-state index is 4.50. The number of nitrogens with one attached hydrogen (secondary N) is 1. The van der Waals surface area contributed by atoms with Crippen LogP contribution in [0.15, 0.2) is 42.5 Å². The van der Waals surface area contributed by atoms with Crippen LogP contribution in [0.1, 0.15) is 36.0 Å². The maximum Gasteiger partial charge on any atom is 0.0907 e. The van der Waals surface area contributed by atoms with E-state index in [0.717, 1.165) is 22.6 Å². The summed E-state index contributed by atoms with van der Waals surface area (Å²) >= 11 is 1.74. The summed E-state index contributed by atoms with van der Waals surface area (Å²) in [6, 6.07) is 15.5. The Kier molecular flexibility index (Phi) is 3.93. The number of hydrogen-bond acceptors (Lipinski definition) is 3. The fourth-order valence-corrected chi connectivity index (χ4v) is 3.37. The van der Waals surface area contributed by atoms with Crippen LogP contribution in [0.4, 0.5) is 5.69 Å². The highest BCUT2D eigenvalue weighted by atomic mass is 32.1. The topological polar surface area (TPSA) is 24.9 Å². The van der Waals surface area contributed by atoms with E-state index >= 15 is 0 Å². The molecule has 1 unspecified atom stereocenters. The van der Waals surface area contributed by atoms with Gasteiger partial charge in [-0.15, -0.1) is 11.3 Å². The van der Waals surface area contributed by atoms with Crippen molar-refractivity contribution in [3.05, 3.63) is 58.6 Å². The van der Waals surface area contributed by atoms with Gasteiger partial charge in [0.2, 0.25) is 0 Å². The van der Waals surface area contributed by atoms with Crippen LogP contribution in [0, 0.1) is 6.92 Å². The molecule has 0 spiro atoms. The first kappa shape index (κ1) is 14.1. The lowest BCUT2D eigenvalue weighted by Crippen LogP contribution is -2.06. The Morgan fingerprint density at radius 1 is 1.14 bits per heavy atom. The number of thiazole rings is 1. The van der Waals surface area contributed by atoms with E-state index in [1.54, 1.807) is 11.3 Å². The molecule has 1 atom stereocenters. The average molecular weight is 296 g/mol. The predicted octanol–water partition coefficient (Wildman–Crippen LogP) is 5.34. The third-order valence-electron chi connectivity index (χ3n) is 3.77. The van der Waals surface area contributed by atoms with Crippen molar-refractivity contribution in [1.82, 2.24) is 4.98 Å². The molecule has 1 aromatic heterocycles. The lowest BCUT2D eigenvalue weighted by molar-refractivity contribution is 0.883. The molecule has 0 aliphatic rings. The molecule has 2 aromatic carbocycles. The van der Waals surface area contributed by atoms with Gasteiger partial charge in [0.1, 0.15) is 0 Å². The molecule has 108 valence electrons. The molecule has 0 radical (unpaired) electrons. The SMILES string of the molecule is CCc1ccc(C(C)Nc2ccc3nc(C)sc3c2)cc1. The Hall–Kier alpha value is -1.87. The molecular weight excluding hydrogens is 276 g/mol. The van der Waals surface area contributed by atoms with Gasteiger partial charge in [-0.25, -0.2) is 4.98 Å². The normalized spacial score (nSPS) is 12.5. The van der Waals surface area contributed by atoms with E-state index in [1.807, 2.05) is 0 Å². The van der Waals surface area contributed by atoms with Gasteiger partial charge < -0.3 is 5.32 Å². The van der Waals surface area contributed by atoms with E-state index in [2.05, 4.69) is 73.5 Å². The third kappa shape index (κ3) is 3.08. The molecule has 0 fully saturated rings. The van der Waals surface area contributed by atoms with Crippen molar-refractivity contribution in [2.75, 3.05) is 5.32 Å². The number of nitrogens with zero attached hydrogens (tertiary/aromatic N) is 1. The lowest BCUT2D eigenvalue weighted by atomic mass is 10.0. The van der Waals surface area contributed by atoms with Crippen LogP contribution in [0.5, 0.6) is 0 Å².